The van der Waals surface area contributed by atoms with Crippen LogP contribution in [0, 0.1) is 0 Å². The molecule has 0 fully saturated rings. The van der Waals surface area contributed by atoms with Crippen molar-refractivity contribution in [2.24, 2.45) is 0 Å². The number of carbonyl (C=O) groups excluding carboxylic acids is 1. The van der Waals surface area contributed by atoms with Gasteiger partial charge >= 0.3 is 0 Å². The van der Waals surface area contributed by atoms with Crippen LogP contribution in [0.15, 0.2) is 48.7 Å². The van der Waals surface area contributed by atoms with Gasteiger partial charge in [0.1, 0.15) is 11.5 Å². The first-order chi connectivity index (χ1) is 13.3. The molecule has 1 aromatic heterocycles. The summed E-state index contributed by atoms with van der Waals surface area (Å²) in [6.07, 6.45) is 2.51. The molecule has 1 amide bonds. The Bertz CT molecular complexity index is 1050. The van der Waals surface area contributed by atoms with Crippen molar-refractivity contribution in [3.8, 4) is 22.5 Å². The summed E-state index contributed by atoms with van der Waals surface area (Å²) < 4.78 is 0. The molecule has 0 spiro atoms. The van der Waals surface area contributed by atoms with Crippen molar-refractivity contribution in [3.63, 3.8) is 0 Å². The number of nitrogens with zero attached hydrogens (tertiary/aromatic N) is 2. The van der Waals surface area contributed by atoms with Crippen LogP contribution >= 0.6 is 0 Å². The minimum absolute atomic E-state index is 0.0282. The summed E-state index contributed by atoms with van der Waals surface area (Å²) in [5, 5.41) is 2.86. The molecule has 0 saturated heterocycles. The highest BCUT2D eigenvalue weighted by molar-refractivity contribution is 5.97. The largest absolute Gasteiger partial charge is 0.382 e. The molecule has 5 nitrogen and oxygen atoms in total. The molecule has 2 heterocycles. The average Bonchev–Trinajstić information content (AvgIpc) is 2.68. The molecular formula is C23H24N4O. The number of nitrogens with two attached hydrogens (primary N) is 1. The fourth-order valence-electron chi connectivity index (χ4n) is 3.47. The Hall–Kier alpha value is -3.21. The second kappa shape index (κ2) is 6.75. The Morgan fingerprint density at radius 3 is 2.46 bits per heavy atom. The SMILES string of the molecule is CC(C)(C)c1ccc(-c2cnc(N)c(-c3ccc4c(c3)CCNC4=O)n2)cc1. The van der Waals surface area contributed by atoms with E-state index in [2.05, 4.69) is 55.3 Å². The summed E-state index contributed by atoms with van der Waals surface area (Å²) in [7, 11) is 0. The standard InChI is InChI=1S/C23H24N4O/c1-23(2,3)17-7-4-14(5-8-17)19-13-26-21(24)20(27-19)16-6-9-18-15(12-16)10-11-25-22(18)28/h4-9,12-13H,10-11H2,1-3H3,(H2,24,26)(H,25,28). The molecule has 4 rings (SSSR count). The molecule has 5 heteroatoms. The van der Waals surface area contributed by atoms with Crippen molar-refractivity contribution in [1.29, 1.82) is 0 Å². The van der Waals surface area contributed by atoms with Crippen molar-refractivity contribution in [1.82, 2.24) is 15.3 Å². The van der Waals surface area contributed by atoms with Crippen molar-refractivity contribution in [3.05, 3.63) is 65.4 Å². The molecule has 0 saturated carbocycles. The molecule has 3 N–H and O–H groups in total. The number of benzene rings is 2. The fourth-order valence-corrected chi connectivity index (χ4v) is 3.47. The Morgan fingerprint density at radius 2 is 1.75 bits per heavy atom. The van der Waals surface area contributed by atoms with E-state index in [9.17, 15) is 4.79 Å². The van der Waals surface area contributed by atoms with E-state index < -0.39 is 0 Å². The first-order valence-corrected chi connectivity index (χ1v) is 9.48. The molecule has 0 aliphatic carbocycles. The first-order valence-electron chi connectivity index (χ1n) is 9.48. The molecule has 0 radical (unpaired) electrons. The number of fused-ring (bicyclic) bond motifs is 1. The Labute approximate surface area is 165 Å². The van der Waals surface area contributed by atoms with Gasteiger partial charge in [-0.05, 0) is 35.1 Å². The van der Waals surface area contributed by atoms with Gasteiger partial charge in [0.15, 0.2) is 0 Å². The van der Waals surface area contributed by atoms with Crippen molar-refractivity contribution < 1.29 is 4.79 Å². The normalized spacial score (nSPS) is 13.8. The number of amides is 1. The number of hydrogen-bond donors (Lipinski definition) is 2. The molecule has 1 aliphatic heterocycles. The Morgan fingerprint density at radius 1 is 1.04 bits per heavy atom. The van der Waals surface area contributed by atoms with Crippen LogP contribution in [0.25, 0.3) is 22.5 Å². The maximum Gasteiger partial charge on any atom is 0.251 e. The van der Waals surface area contributed by atoms with Gasteiger partial charge in [-0.1, -0.05) is 51.1 Å². The summed E-state index contributed by atoms with van der Waals surface area (Å²) in [4.78, 5) is 21.1. The van der Waals surface area contributed by atoms with Crippen LogP contribution in [0.4, 0.5) is 5.82 Å². The summed E-state index contributed by atoms with van der Waals surface area (Å²) in [5.41, 5.74) is 12.5. The second-order valence-electron chi connectivity index (χ2n) is 8.19. The third kappa shape index (κ3) is 3.36. The van der Waals surface area contributed by atoms with Gasteiger partial charge in [-0.25, -0.2) is 9.97 Å². The van der Waals surface area contributed by atoms with Crippen LogP contribution in [0.1, 0.15) is 42.3 Å². The number of anilines is 1. The van der Waals surface area contributed by atoms with E-state index in [-0.39, 0.29) is 11.3 Å². The first kappa shape index (κ1) is 18.2. The summed E-state index contributed by atoms with van der Waals surface area (Å²) in [5.74, 6) is 0.356. The predicted molar refractivity (Wildman–Crippen MR) is 112 cm³/mol. The number of nitrogens with one attached hydrogen (secondary N) is 1. The van der Waals surface area contributed by atoms with E-state index in [4.69, 9.17) is 10.7 Å². The number of nitrogen functional groups attached to an aromatic ring is 1. The highest BCUT2D eigenvalue weighted by Crippen LogP contribution is 2.30. The maximum absolute atomic E-state index is 12.0. The van der Waals surface area contributed by atoms with Gasteiger partial charge in [0.2, 0.25) is 0 Å². The minimum atomic E-state index is -0.0282. The summed E-state index contributed by atoms with van der Waals surface area (Å²) in [6.45, 7) is 7.23. The van der Waals surface area contributed by atoms with Gasteiger partial charge in [-0.2, -0.15) is 0 Å². The lowest BCUT2D eigenvalue weighted by atomic mass is 9.86. The molecule has 0 bridgehead atoms. The van der Waals surface area contributed by atoms with E-state index in [1.165, 1.54) is 5.56 Å². The van der Waals surface area contributed by atoms with Gasteiger partial charge in [0, 0.05) is 23.2 Å². The lowest BCUT2D eigenvalue weighted by Crippen LogP contribution is -2.31. The second-order valence-corrected chi connectivity index (χ2v) is 8.19. The van der Waals surface area contributed by atoms with Gasteiger partial charge < -0.3 is 11.1 Å². The lowest BCUT2D eigenvalue weighted by Gasteiger charge is -2.19. The molecular weight excluding hydrogens is 348 g/mol. The Kier molecular flexibility index (Phi) is 4.38. The number of hydrogen-bond acceptors (Lipinski definition) is 4. The molecule has 2 aromatic carbocycles. The van der Waals surface area contributed by atoms with Gasteiger partial charge in [-0.15, -0.1) is 0 Å². The number of carbonyl (C=O) groups is 1. The third-order valence-electron chi connectivity index (χ3n) is 5.15. The lowest BCUT2D eigenvalue weighted by molar-refractivity contribution is 0.0946. The molecule has 28 heavy (non-hydrogen) atoms. The summed E-state index contributed by atoms with van der Waals surface area (Å²) >= 11 is 0. The zero-order valence-corrected chi connectivity index (χ0v) is 16.4. The van der Waals surface area contributed by atoms with E-state index in [0.29, 0.717) is 18.1 Å². The van der Waals surface area contributed by atoms with Crippen LogP contribution in [0.3, 0.4) is 0 Å². The highest BCUT2D eigenvalue weighted by Gasteiger charge is 2.19. The quantitative estimate of drug-likeness (QED) is 0.713. The smallest absolute Gasteiger partial charge is 0.251 e. The van der Waals surface area contributed by atoms with Gasteiger partial charge in [0.25, 0.3) is 5.91 Å². The van der Waals surface area contributed by atoms with Gasteiger partial charge in [0.05, 0.1) is 11.9 Å². The monoisotopic (exact) mass is 372 g/mol. The average molecular weight is 372 g/mol. The fraction of sp³-hybridized carbons (Fsp3) is 0.261. The van der Waals surface area contributed by atoms with Crippen molar-refractivity contribution >= 4 is 11.7 Å². The van der Waals surface area contributed by atoms with Crippen LogP contribution in [0.2, 0.25) is 0 Å². The predicted octanol–water partition coefficient (Wildman–Crippen LogP) is 3.98. The van der Waals surface area contributed by atoms with E-state index >= 15 is 0 Å². The molecule has 3 aromatic rings. The topological polar surface area (TPSA) is 80.9 Å². The highest BCUT2D eigenvalue weighted by atomic mass is 16.1. The molecule has 1 aliphatic rings. The van der Waals surface area contributed by atoms with Crippen molar-refractivity contribution in [2.45, 2.75) is 32.6 Å². The maximum atomic E-state index is 12.0. The van der Waals surface area contributed by atoms with E-state index in [1.807, 2.05) is 18.2 Å². The van der Waals surface area contributed by atoms with Crippen molar-refractivity contribution in [2.75, 3.05) is 12.3 Å². The van der Waals surface area contributed by atoms with Crippen LogP contribution in [-0.2, 0) is 11.8 Å². The van der Waals surface area contributed by atoms with Gasteiger partial charge in [-0.3, -0.25) is 4.79 Å². The minimum Gasteiger partial charge on any atom is -0.382 e. The zero-order valence-electron chi connectivity index (χ0n) is 16.4. The molecule has 142 valence electrons. The summed E-state index contributed by atoms with van der Waals surface area (Å²) in [6, 6.07) is 14.1. The van der Waals surface area contributed by atoms with E-state index in [0.717, 1.165) is 34.4 Å². The van der Waals surface area contributed by atoms with Crippen LogP contribution < -0.4 is 11.1 Å². The van der Waals surface area contributed by atoms with Crippen LogP contribution in [-0.4, -0.2) is 22.4 Å². The molecule has 0 atom stereocenters. The Balaban J connectivity index is 1.73. The third-order valence-corrected chi connectivity index (χ3v) is 5.15. The van der Waals surface area contributed by atoms with Crippen LogP contribution in [0.5, 0.6) is 0 Å². The number of aromatic nitrogens is 2. The molecule has 0 unspecified atom stereocenters. The zero-order chi connectivity index (χ0) is 19.9. The van der Waals surface area contributed by atoms with E-state index in [1.54, 1.807) is 6.20 Å². The number of rotatable bonds is 2.